The smallest absolute Gasteiger partial charge is 0.355 e. The zero-order valence-electron chi connectivity index (χ0n) is 8.83. The van der Waals surface area contributed by atoms with E-state index in [0.717, 1.165) is 20.3 Å². The van der Waals surface area contributed by atoms with Gasteiger partial charge in [0.1, 0.15) is 5.69 Å². The van der Waals surface area contributed by atoms with E-state index in [1.54, 1.807) is 11.8 Å². The molecule has 5 heteroatoms. The van der Waals surface area contributed by atoms with E-state index >= 15 is 0 Å². The van der Waals surface area contributed by atoms with Gasteiger partial charge in [-0.25, -0.2) is 4.79 Å². The van der Waals surface area contributed by atoms with Crippen LogP contribution in [0.25, 0.3) is 10.9 Å². The SMILES string of the molecule is COC(=O)c1[nH]c2ccc(SC)cc2c1Br. The molecular weight excluding hydrogens is 290 g/mol. The Bertz CT molecular complexity index is 550. The van der Waals surface area contributed by atoms with Crippen LogP contribution in [-0.2, 0) is 4.74 Å². The predicted octanol–water partition coefficient (Wildman–Crippen LogP) is 3.44. The number of aromatic nitrogens is 1. The molecule has 0 spiro atoms. The summed E-state index contributed by atoms with van der Waals surface area (Å²) in [5.41, 5.74) is 1.38. The lowest BCUT2D eigenvalue weighted by Crippen LogP contribution is -2.01. The number of rotatable bonds is 2. The zero-order chi connectivity index (χ0) is 11.7. The molecule has 0 saturated heterocycles. The number of halogens is 1. The molecule has 0 unspecified atom stereocenters. The van der Waals surface area contributed by atoms with Crippen molar-refractivity contribution >= 4 is 44.6 Å². The molecule has 0 fully saturated rings. The van der Waals surface area contributed by atoms with Crippen molar-refractivity contribution in [3.63, 3.8) is 0 Å². The number of aromatic amines is 1. The van der Waals surface area contributed by atoms with Gasteiger partial charge in [-0.15, -0.1) is 11.8 Å². The van der Waals surface area contributed by atoms with Gasteiger partial charge in [0, 0.05) is 15.8 Å². The number of carbonyl (C=O) groups is 1. The van der Waals surface area contributed by atoms with Crippen LogP contribution < -0.4 is 0 Å². The van der Waals surface area contributed by atoms with Crippen LogP contribution in [0, 0.1) is 0 Å². The van der Waals surface area contributed by atoms with Crippen LogP contribution in [-0.4, -0.2) is 24.3 Å². The van der Waals surface area contributed by atoms with Gasteiger partial charge in [0.05, 0.1) is 11.6 Å². The summed E-state index contributed by atoms with van der Waals surface area (Å²) >= 11 is 5.08. The summed E-state index contributed by atoms with van der Waals surface area (Å²) in [5.74, 6) is -0.367. The fraction of sp³-hybridized carbons (Fsp3) is 0.182. The number of benzene rings is 1. The Balaban J connectivity index is 2.64. The van der Waals surface area contributed by atoms with Gasteiger partial charge in [0.2, 0.25) is 0 Å². The maximum absolute atomic E-state index is 11.5. The number of hydrogen-bond donors (Lipinski definition) is 1. The highest BCUT2D eigenvalue weighted by molar-refractivity contribution is 9.10. The van der Waals surface area contributed by atoms with Crippen molar-refractivity contribution in [2.24, 2.45) is 0 Å². The molecule has 16 heavy (non-hydrogen) atoms. The van der Waals surface area contributed by atoms with E-state index in [1.165, 1.54) is 7.11 Å². The molecule has 0 aliphatic heterocycles. The lowest BCUT2D eigenvalue weighted by molar-refractivity contribution is 0.0594. The molecule has 1 heterocycles. The molecule has 84 valence electrons. The standard InChI is InChI=1S/C11H10BrNO2S/c1-15-11(14)10-9(12)7-5-6(16-2)3-4-8(7)13-10/h3-5,13H,1-2H3. The van der Waals surface area contributed by atoms with E-state index in [9.17, 15) is 4.79 Å². The molecule has 2 rings (SSSR count). The molecule has 0 atom stereocenters. The third-order valence-electron chi connectivity index (χ3n) is 2.33. The van der Waals surface area contributed by atoms with E-state index in [4.69, 9.17) is 4.74 Å². The van der Waals surface area contributed by atoms with Gasteiger partial charge in [-0.05, 0) is 40.4 Å². The number of thioether (sulfide) groups is 1. The van der Waals surface area contributed by atoms with E-state index in [1.807, 2.05) is 24.5 Å². The minimum absolute atomic E-state index is 0.367. The van der Waals surface area contributed by atoms with Crippen LogP contribution in [0.5, 0.6) is 0 Å². The van der Waals surface area contributed by atoms with Gasteiger partial charge < -0.3 is 9.72 Å². The summed E-state index contributed by atoms with van der Waals surface area (Å²) in [4.78, 5) is 15.7. The fourth-order valence-electron chi connectivity index (χ4n) is 1.51. The minimum atomic E-state index is -0.367. The average molecular weight is 300 g/mol. The van der Waals surface area contributed by atoms with Crippen LogP contribution in [0.2, 0.25) is 0 Å². The molecule has 0 amide bonds. The van der Waals surface area contributed by atoms with Crippen LogP contribution >= 0.6 is 27.7 Å². The molecule has 0 aliphatic rings. The first-order valence-corrected chi connectivity index (χ1v) is 6.62. The molecule has 0 aliphatic carbocycles. The first-order chi connectivity index (χ1) is 7.67. The minimum Gasteiger partial charge on any atom is -0.464 e. The Hall–Kier alpha value is -0.940. The van der Waals surface area contributed by atoms with Crippen molar-refractivity contribution in [3.8, 4) is 0 Å². The molecule has 1 aromatic heterocycles. The maximum Gasteiger partial charge on any atom is 0.355 e. The maximum atomic E-state index is 11.5. The van der Waals surface area contributed by atoms with Crippen LogP contribution in [0.3, 0.4) is 0 Å². The lowest BCUT2D eigenvalue weighted by atomic mass is 10.2. The second-order valence-electron chi connectivity index (χ2n) is 3.22. The molecule has 0 saturated carbocycles. The van der Waals surface area contributed by atoms with Gasteiger partial charge in [0.15, 0.2) is 0 Å². The predicted molar refractivity (Wildman–Crippen MR) is 69.1 cm³/mol. The van der Waals surface area contributed by atoms with Gasteiger partial charge in [-0.2, -0.15) is 0 Å². The number of methoxy groups -OCH3 is 1. The first kappa shape index (κ1) is 11.5. The normalized spacial score (nSPS) is 10.7. The molecular formula is C11H10BrNO2S. The molecule has 0 radical (unpaired) electrons. The van der Waals surface area contributed by atoms with Crippen LogP contribution in [0.4, 0.5) is 0 Å². The molecule has 0 bridgehead atoms. The largest absolute Gasteiger partial charge is 0.464 e. The Morgan fingerprint density at radius 3 is 2.88 bits per heavy atom. The number of H-pyrrole nitrogens is 1. The Morgan fingerprint density at radius 2 is 2.25 bits per heavy atom. The van der Waals surface area contributed by atoms with Crippen molar-refractivity contribution in [2.75, 3.05) is 13.4 Å². The number of ether oxygens (including phenoxy) is 1. The lowest BCUT2D eigenvalue weighted by Gasteiger charge is -1.96. The van der Waals surface area contributed by atoms with E-state index < -0.39 is 0 Å². The van der Waals surface area contributed by atoms with Crippen molar-refractivity contribution in [3.05, 3.63) is 28.4 Å². The van der Waals surface area contributed by atoms with Gasteiger partial charge in [0.25, 0.3) is 0 Å². The summed E-state index contributed by atoms with van der Waals surface area (Å²) < 4.78 is 5.45. The number of esters is 1. The van der Waals surface area contributed by atoms with Gasteiger partial charge in [-0.3, -0.25) is 0 Å². The zero-order valence-corrected chi connectivity index (χ0v) is 11.2. The second kappa shape index (κ2) is 4.51. The van der Waals surface area contributed by atoms with Crippen molar-refractivity contribution in [1.29, 1.82) is 0 Å². The highest BCUT2D eigenvalue weighted by Gasteiger charge is 2.16. The van der Waals surface area contributed by atoms with E-state index in [0.29, 0.717) is 5.69 Å². The van der Waals surface area contributed by atoms with Gasteiger partial charge >= 0.3 is 5.97 Å². The number of fused-ring (bicyclic) bond motifs is 1. The quantitative estimate of drug-likeness (QED) is 0.682. The number of carbonyl (C=O) groups excluding carboxylic acids is 1. The summed E-state index contributed by atoms with van der Waals surface area (Å²) in [6, 6.07) is 6.00. The van der Waals surface area contributed by atoms with Crippen LogP contribution in [0.15, 0.2) is 27.6 Å². The van der Waals surface area contributed by atoms with Crippen LogP contribution in [0.1, 0.15) is 10.5 Å². The third kappa shape index (κ3) is 1.85. The summed E-state index contributed by atoms with van der Waals surface area (Å²) in [5, 5.41) is 0.993. The van der Waals surface area contributed by atoms with Crippen molar-refractivity contribution < 1.29 is 9.53 Å². The van der Waals surface area contributed by atoms with Gasteiger partial charge in [-0.1, -0.05) is 0 Å². The summed E-state index contributed by atoms with van der Waals surface area (Å²) in [6.45, 7) is 0. The molecule has 2 aromatic rings. The number of nitrogens with one attached hydrogen (secondary N) is 1. The topological polar surface area (TPSA) is 42.1 Å². The summed E-state index contributed by atoms with van der Waals surface area (Å²) in [6.07, 6.45) is 2.02. The Labute approximate surface area is 106 Å². The van der Waals surface area contributed by atoms with Crippen molar-refractivity contribution in [2.45, 2.75) is 4.90 Å². The van der Waals surface area contributed by atoms with E-state index in [2.05, 4.69) is 20.9 Å². The first-order valence-electron chi connectivity index (χ1n) is 4.61. The second-order valence-corrected chi connectivity index (χ2v) is 4.89. The Morgan fingerprint density at radius 1 is 1.50 bits per heavy atom. The monoisotopic (exact) mass is 299 g/mol. The molecule has 1 N–H and O–H groups in total. The molecule has 1 aromatic carbocycles. The highest BCUT2D eigenvalue weighted by atomic mass is 79.9. The summed E-state index contributed by atoms with van der Waals surface area (Å²) in [7, 11) is 1.37. The fourth-order valence-corrected chi connectivity index (χ4v) is 2.54. The third-order valence-corrected chi connectivity index (χ3v) is 3.88. The molecule has 3 nitrogen and oxygen atoms in total. The van der Waals surface area contributed by atoms with E-state index in [-0.39, 0.29) is 5.97 Å². The average Bonchev–Trinajstić information content (AvgIpc) is 2.65. The van der Waals surface area contributed by atoms with Crippen molar-refractivity contribution in [1.82, 2.24) is 4.98 Å². The highest BCUT2D eigenvalue weighted by Crippen LogP contribution is 2.31. The Kier molecular flexibility index (Phi) is 3.25. The number of hydrogen-bond acceptors (Lipinski definition) is 3.